The molecule has 1 N–H and O–H groups in total. The van der Waals surface area contributed by atoms with Gasteiger partial charge < -0.3 is 24.2 Å². The molecule has 8 nitrogen and oxygen atoms in total. The van der Waals surface area contributed by atoms with E-state index in [9.17, 15) is 4.79 Å². The second-order valence-corrected chi connectivity index (χ2v) is 6.86. The number of carbonyl (C=O) groups is 1. The van der Waals surface area contributed by atoms with Gasteiger partial charge in [-0.1, -0.05) is 17.3 Å². The Morgan fingerprint density at radius 1 is 1.37 bits per heavy atom. The van der Waals surface area contributed by atoms with Crippen LogP contribution in [0.15, 0.2) is 28.8 Å². The van der Waals surface area contributed by atoms with E-state index in [2.05, 4.69) is 15.5 Å². The Kier molecular flexibility index (Phi) is 5.24. The van der Waals surface area contributed by atoms with Gasteiger partial charge >= 0.3 is 6.03 Å². The predicted molar refractivity (Wildman–Crippen MR) is 97.3 cm³/mol. The van der Waals surface area contributed by atoms with E-state index in [4.69, 9.17) is 14.0 Å². The number of hydrogen-bond donors (Lipinski definition) is 1. The number of likely N-dealkylation sites (tertiary alicyclic amines) is 1. The average molecular weight is 372 g/mol. The van der Waals surface area contributed by atoms with Crippen LogP contribution in [0.1, 0.15) is 37.6 Å². The largest absolute Gasteiger partial charge is 0.497 e. The summed E-state index contributed by atoms with van der Waals surface area (Å²) in [5.74, 6) is 1.70. The molecule has 3 heterocycles. The van der Waals surface area contributed by atoms with E-state index in [0.717, 1.165) is 43.6 Å². The van der Waals surface area contributed by atoms with E-state index in [1.807, 2.05) is 24.3 Å². The zero-order chi connectivity index (χ0) is 18.6. The Morgan fingerprint density at radius 2 is 2.30 bits per heavy atom. The van der Waals surface area contributed by atoms with E-state index in [1.54, 1.807) is 12.0 Å². The molecule has 0 radical (unpaired) electrons. The SMILES string of the molecule is COc1cccc(-c2noc([C@H]3CCCN3C(=O)NC[C@@H]3CCCO3)n2)c1. The van der Waals surface area contributed by atoms with Crippen molar-refractivity contribution < 1.29 is 18.8 Å². The molecule has 2 amide bonds. The fraction of sp³-hybridized carbons (Fsp3) is 0.526. The van der Waals surface area contributed by atoms with Gasteiger partial charge in [0.15, 0.2) is 0 Å². The molecule has 144 valence electrons. The van der Waals surface area contributed by atoms with Crippen LogP contribution in [-0.4, -0.2) is 54.0 Å². The molecule has 27 heavy (non-hydrogen) atoms. The second-order valence-electron chi connectivity index (χ2n) is 6.86. The van der Waals surface area contributed by atoms with Gasteiger partial charge in [0.05, 0.1) is 13.2 Å². The molecule has 8 heteroatoms. The van der Waals surface area contributed by atoms with Crippen molar-refractivity contribution >= 4 is 6.03 Å². The quantitative estimate of drug-likeness (QED) is 0.868. The monoisotopic (exact) mass is 372 g/mol. The van der Waals surface area contributed by atoms with Crippen LogP contribution in [0.25, 0.3) is 11.4 Å². The Balaban J connectivity index is 1.44. The number of urea groups is 1. The van der Waals surface area contributed by atoms with Crippen molar-refractivity contribution in [1.82, 2.24) is 20.4 Å². The van der Waals surface area contributed by atoms with Crippen molar-refractivity contribution in [2.45, 2.75) is 37.8 Å². The maximum absolute atomic E-state index is 12.6. The molecule has 2 aliphatic rings. The van der Waals surface area contributed by atoms with Gasteiger partial charge in [0.1, 0.15) is 11.8 Å². The van der Waals surface area contributed by atoms with Crippen LogP contribution in [0.3, 0.4) is 0 Å². The number of carbonyl (C=O) groups excluding carboxylic acids is 1. The first-order chi connectivity index (χ1) is 13.2. The first kappa shape index (κ1) is 17.8. The Hall–Kier alpha value is -2.61. The summed E-state index contributed by atoms with van der Waals surface area (Å²) in [6.45, 7) is 2.00. The number of nitrogens with one attached hydrogen (secondary N) is 1. The zero-order valence-corrected chi connectivity index (χ0v) is 15.4. The number of nitrogens with zero attached hydrogens (tertiary/aromatic N) is 3. The molecule has 1 aromatic heterocycles. The van der Waals surface area contributed by atoms with Gasteiger partial charge in [0, 0.05) is 25.3 Å². The zero-order valence-electron chi connectivity index (χ0n) is 15.4. The first-order valence-electron chi connectivity index (χ1n) is 9.38. The topological polar surface area (TPSA) is 89.7 Å². The van der Waals surface area contributed by atoms with E-state index in [-0.39, 0.29) is 18.2 Å². The van der Waals surface area contributed by atoms with Gasteiger partial charge in [-0.05, 0) is 37.8 Å². The van der Waals surface area contributed by atoms with Gasteiger partial charge in [-0.3, -0.25) is 0 Å². The van der Waals surface area contributed by atoms with Crippen molar-refractivity contribution in [2.75, 3.05) is 26.8 Å². The van der Waals surface area contributed by atoms with Gasteiger partial charge in [-0.2, -0.15) is 4.98 Å². The third-order valence-electron chi connectivity index (χ3n) is 5.07. The molecule has 2 aliphatic heterocycles. The highest BCUT2D eigenvalue weighted by atomic mass is 16.5. The molecular formula is C19H24N4O4. The Bertz CT molecular complexity index is 788. The smallest absolute Gasteiger partial charge is 0.318 e. The summed E-state index contributed by atoms with van der Waals surface area (Å²) in [5, 5.41) is 7.06. The average Bonchev–Trinajstić information content (AvgIpc) is 3.47. The third kappa shape index (κ3) is 3.90. The Labute approximate surface area is 157 Å². The van der Waals surface area contributed by atoms with Crippen molar-refractivity contribution in [2.24, 2.45) is 0 Å². The lowest BCUT2D eigenvalue weighted by Gasteiger charge is -2.23. The fourth-order valence-electron chi connectivity index (χ4n) is 3.62. The number of benzene rings is 1. The molecule has 0 saturated carbocycles. The standard InChI is InChI=1S/C19H24N4O4/c1-25-14-6-2-5-13(11-14)17-21-18(27-22-17)16-8-3-9-23(16)19(24)20-12-15-7-4-10-26-15/h2,5-6,11,15-16H,3-4,7-10,12H2,1H3,(H,20,24)/t15-,16+/m0/s1. The number of hydrogen-bond acceptors (Lipinski definition) is 6. The van der Waals surface area contributed by atoms with E-state index in [0.29, 0.717) is 24.8 Å². The molecule has 0 unspecified atom stereocenters. The van der Waals surface area contributed by atoms with E-state index in [1.165, 1.54) is 0 Å². The molecule has 0 aliphatic carbocycles. The maximum Gasteiger partial charge on any atom is 0.318 e. The summed E-state index contributed by atoms with van der Waals surface area (Å²) in [6.07, 6.45) is 3.90. The molecule has 4 rings (SSSR count). The predicted octanol–water partition coefficient (Wildman–Crippen LogP) is 2.77. The van der Waals surface area contributed by atoms with Gasteiger partial charge in [-0.25, -0.2) is 4.79 Å². The lowest BCUT2D eigenvalue weighted by Crippen LogP contribution is -2.42. The van der Waals surface area contributed by atoms with Crippen molar-refractivity contribution in [1.29, 1.82) is 0 Å². The fourth-order valence-corrected chi connectivity index (χ4v) is 3.62. The molecule has 0 spiro atoms. The van der Waals surface area contributed by atoms with Gasteiger partial charge in [-0.15, -0.1) is 0 Å². The number of ether oxygens (including phenoxy) is 2. The van der Waals surface area contributed by atoms with E-state index >= 15 is 0 Å². The van der Waals surface area contributed by atoms with Crippen LogP contribution in [0.2, 0.25) is 0 Å². The molecular weight excluding hydrogens is 348 g/mol. The number of aromatic nitrogens is 2. The number of rotatable bonds is 5. The lowest BCUT2D eigenvalue weighted by molar-refractivity contribution is 0.108. The number of methoxy groups -OCH3 is 1. The normalized spacial score (nSPS) is 22.2. The summed E-state index contributed by atoms with van der Waals surface area (Å²) in [6, 6.07) is 7.20. The van der Waals surface area contributed by atoms with E-state index < -0.39 is 0 Å². The molecule has 2 atom stereocenters. The molecule has 2 aromatic rings. The summed E-state index contributed by atoms with van der Waals surface area (Å²) in [4.78, 5) is 18.9. The first-order valence-corrected chi connectivity index (χ1v) is 9.38. The minimum absolute atomic E-state index is 0.103. The second kappa shape index (κ2) is 7.96. The molecule has 2 saturated heterocycles. The highest BCUT2D eigenvalue weighted by molar-refractivity contribution is 5.75. The van der Waals surface area contributed by atoms with Crippen molar-refractivity contribution in [3.05, 3.63) is 30.2 Å². The van der Waals surface area contributed by atoms with Gasteiger partial charge in [0.25, 0.3) is 0 Å². The summed E-state index contributed by atoms with van der Waals surface area (Å²) in [5.41, 5.74) is 0.816. The van der Waals surface area contributed by atoms with Crippen molar-refractivity contribution in [3.63, 3.8) is 0 Å². The van der Waals surface area contributed by atoms with Crippen LogP contribution in [-0.2, 0) is 4.74 Å². The number of amides is 2. The van der Waals surface area contributed by atoms with Gasteiger partial charge in [0.2, 0.25) is 11.7 Å². The minimum atomic E-state index is -0.193. The molecule has 2 fully saturated rings. The van der Waals surface area contributed by atoms with Crippen LogP contribution in [0.4, 0.5) is 4.79 Å². The highest BCUT2D eigenvalue weighted by Crippen LogP contribution is 2.32. The minimum Gasteiger partial charge on any atom is -0.497 e. The third-order valence-corrected chi connectivity index (χ3v) is 5.07. The maximum atomic E-state index is 12.6. The van der Waals surface area contributed by atoms with Crippen molar-refractivity contribution in [3.8, 4) is 17.1 Å². The summed E-state index contributed by atoms with van der Waals surface area (Å²) in [7, 11) is 1.62. The van der Waals surface area contributed by atoms with Crippen LogP contribution >= 0.6 is 0 Å². The van der Waals surface area contributed by atoms with Crippen LogP contribution in [0.5, 0.6) is 5.75 Å². The summed E-state index contributed by atoms with van der Waals surface area (Å²) >= 11 is 0. The lowest BCUT2D eigenvalue weighted by atomic mass is 10.2. The highest BCUT2D eigenvalue weighted by Gasteiger charge is 2.34. The molecule has 0 bridgehead atoms. The summed E-state index contributed by atoms with van der Waals surface area (Å²) < 4.78 is 16.3. The Morgan fingerprint density at radius 3 is 3.11 bits per heavy atom. The molecule has 1 aromatic carbocycles. The van der Waals surface area contributed by atoms with Crippen LogP contribution in [0, 0.1) is 0 Å². The van der Waals surface area contributed by atoms with Crippen LogP contribution < -0.4 is 10.1 Å².